The lowest BCUT2D eigenvalue weighted by Crippen LogP contribution is -2.21. The number of anilines is 2. The highest BCUT2D eigenvalue weighted by atomic mass is 16.1. The van der Waals surface area contributed by atoms with Crippen molar-refractivity contribution in [3.05, 3.63) is 64.4 Å². The Kier molecular flexibility index (Phi) is 3.34. The second-order valence-electron chi connectivity index (χ2n) is 4.88. The van der Waals surface area contributed by atoms with Crippen LogP contribution in [0.3, 0.4) is 0 Å². The summed E-state index contributed by atoms with van der Waals surface area (Å²) >= 11 is 0. The Labute approximate surface area is 126 Å². The fourth-order valence-electron chi connectivity index (χ4n) is 2.21. The first-order chi connectivity index (χ1) is 10.6. The summed E-state index contributed by atoms with van der Waals surface area (Å²) in [5.74, 6) is -0.265. The number of carbonyl (C=O) groups excluding carboxylic acids is 1. The summed E-state index contributed by atoms with van der Waals surface area (Å²) in [6.45, 7) is 0. The monoisotopic (exact) mass is 294 g/mol. The molecular weight excluding hydrogens is 280 g/mol. The highest BCUT2D eigenvalue weighted by Crippen LogP contribution is 2.16. The van der Waals surface area contributed by atoms with Crippen LogP contribution in [0.2, 0.25) is 0 Å². The molecule has 0 spiro atoms. The van der Waals surface area contributed by atoms with Crippen molar-refractivity contribution in [1.82, 2.24) is 9.55 Å². The molecule has 0 aliphatic carbocycles. The molecule has 0 aliphatic rings. The zero-order valence-corrected chi connectivity index (χ0v) is 11.9. The van der Waals surface area contributed by atoms with Gasteiger partial charge in [0.25, 0.3) is 5.56 Å². The van der Waals surface area contributed by atoms with Crippen LogP contribution in [0.4, 0.5) is 11.5 Å². The number of carbonyl (C=O) groups is 1. The van der Waals surface area contributed by atoms with Gasteiger partial charge in [0.15, 0.2) is 5.82 Å². The lowest BCUT2D eigenvalue weighted by atomic mass is 10.2. The maximum Gasteiger partial charge on any atom is 0.293 e. The van der Waals surface area contributed by atoms with Gasteiger partial charge in [-0.25, -0.2) is 4.98 Å². The molecule has 3 N–H and O–H groups in total. The molecule has 0 fully saturated rings. The molecule has 22 heavy (non-hydrogen) atoms. The lowest BCUT2D eigenvalue weighted by molar-refractivity contribution is 0.100. The predicted molar refractivity (Wildman–Crippen MR) is 85.2 cm³/mol. The van der Waals surface area contributed by atoms with Crippen molar-refractivity contribution >= 4 is 28.4 Å². The smallest absolute Gasteiger partial charge is 0.293 e. The number of primary amides is 1. The zero-order chi connectivity index (χ0) is 15.7. The largest absolute Gasteiger partial charge is 0.366 e. The molecular formula is C16H14N4O2. The van der Waals surface area contributed by atoms with E-state index in [0.717, 1.165) is 11.0 Å². The third-order valence-corrected chi connectivity index (χ3v) is 3.41. The van der Waals surface area contributed by atoms with E-state index in [-0.39, 0.29) is 11.4 Å². The summed E-state index contributed by atoms with van der Waals surface area (Å²) in [5.41, 5.74) is 7.53. The maximum absolute atomic E-state index is 12.3. The average molecular weight is 294 g/mol. The number of aromatic nitrogens is 2. The molecule has 0 saturated carbocycles. The Morgan fingerprint density at radius 3 is 2.50 bits per heavy atom. The van der Waals surface area contributed by atoms with E-state index in [2.05, 4.69) is 10.3 Å². The molecule has 0 atom stereocenters. The summed E-state index contributed by atoms with van der Waals surface area (Å²) in [7, 11) is 1.70. The van der Waals surface area contributed by atoms with E-state index in [0.29, 0.717) is 11.3 Å². The number of rotatable bonds is 3. The van der Waals surface area contributed by atoms with E-state index in [1.54, 1.807) is 35.9 Å². The maximum atomic E-state index is 12.3. The van der Waals surface area contributed by atoms with Crippen molar-refractivity contribution in [1.29, 1.82) is 0 Å². The van der Waals surface area contributed by atoms with E-state index in [1.165, 1.54) is 0 Å². The Bertz CT molecular complexity index is 914. The van der Waals surface area contributed by atoms with Crippen LogP contribution in [-0.4, -0.2) is 15.5 Å². The van der Waals surface area contributed by atoms with Crippen molar-refractivity contribution in [2.75, 3.05) is 5.32 Å². The minimum atomic E-state index is -0.494. The molecule has 0 bridgehead atoms. The molecule has 6 nitrogen and oxygen atoms in total. The van der Waals surface area contributed by atoms with Crippen molar-refractivity contribution in [3.63, 3.8) is 0 Å². The normalized spacial score (nSPS) is 10.6. The Balaban J connectivity index is 2.02. The number of nitrogens with zero attached hydrogens (tertiary/aromatic N) is 2. The van der Waals surface area contributed by atoms with Gasteiger partial charge in [-0.05, 0) is 36.4 Å². The van der Waals surface area contributed by atoms with Crippen molar-refractivity contribution in [3.8, 4) is 0 Å². The summed E-state index contributed by atoms with van der Waals surface area (Å²) in [5, 5.41) is 2.97. The summed E-state index contributed by atoms with van der Waals surface area (Å²) in [6, 6.07) is 14.0. The first-order valence-corrected chi connectivity index (χ1v) is 6.69. The number of benzene rings is 2. The third kappa shape index (κ3) is 2.42. The molecule has 0 aliphatic heterocycles. The van der Waals surface area contributed by atoms with Crippen LogP contribution in [0.15, 0.2) is 53.3 Å². The number of nitrogens with two attached hydrogens (primary N) is 1. The minimum Gasteiger partial charge on any atom is -0.366 e. The molecule has 1 heterocycles. The van der Waals surface area contributed by atoms with Gasteiger partial charge in [-0.3, -0.25) is 9.59 Å². The zero-order valence-electron chi connectivity index (χ0n) is 11.9. The van der Waals surface area contributed by atoms with Crippen molar-refractivity contribution in [2.45, 2.75) is 0 Å². The number of hydrogen-bond acceptors (Lipinski definition) is 4. The third-order valence-electron chi connectivity index (χ3n) is 3.41. The second-order valence-corrected chi connectivity index (χ2v) is 4.88. The van der Waals surface area contributed by atoms with Crippen LogP contribution in [-0.2, 0) is 7.05 Å². The quantitative estimate of drug-likeness (QED) is 0.770. The Morgan fingerprint density at radius 2 is 1.82 bits per heavy atom. The van der Waals surface area contributed by atoms with E-state index in [9.17, 15) is 9.59 Å². The van der Waals surface area contributed by atoms with Crippen LogP contribution in [0.25, 0.3) is 11.0 Å². The number of aryl methyl sites for hydroxylation is 1. The summed E-state index contributed by atoms with van der Waals surface area (Å²) < 4.78 is 1.54. The van der Waals surface area contributed by atoms with E-state index < -0.39 is 5.91 Å². The number of amides is 1. The lowest BCUT2D eigenvalue weighted by Gasteiger charge is -2.09. The first kappa shape index (κ1) is 13.8. The van der Waals surface area contributed by atoms with Gasteiger partial charge in [0.05, 0.1) is 11.0 Å². The van der Waals surface area contributed by atoms with Gasteiger partial charge in [-0.2, -0.15) is 0 Å². The molecule has 0 unspecified atom stereocenters. The predicted octanol–water partition coefficient (Wildman–Crippen LogP) is 1.78. The van der Waals surface area contributed by atoms with Gasteiger partial charge in [-0.15, -0.1) is 0 Å². The first-order valence-electron chi connectivity index (χ1n) is 6.69. The summed E-state index contributed by atoms with van der Waals surface area (Å²) in [6.07, 6.45) is 0. The van der Waals surface area contributed by atoms with Crippen molar-refractivity contribution < 1.29 is 4.79 Å². The molecule has 2 aromatic carbocycles. The average Bonchev–Trinajstić information content (AvgIpc) is 2.53. The molecule has 0 radical (unpaired) electrons. The van der Waals surface area contributed by atoms with Gasteiger partial charge < -0.3 is 15.6 Å². The van der Waals surface area contributed by atoms with Crippen LogP contribution in [0.1, 0.15) is 10.4 Å². The number of fused-ring (bicyclic) bond motifs is 1. The van der Waals surface area contributed by atoms with Gasteiger partial charge in [0.1, 0.15) is 0 Å². The molecule has 3 rings (SSSR count). The van der Waals surface area contributed by atoms with Crippen LogP contribution in [0.5, 0.6) is 0 Å². The van der Waals surface area contributed by atoms with E-state index >= 15 is 0 Å². The van der Waals surface area contributed by atoms with E-state index in [4.69, 9.17) is 5.73 Å². The minimum absolute atomic E-state index is 0.224. The topological polar surface area (TPSA) is 90.0 Å². The Hall–Kier alpha value is -3.15. The van der Waals surface area contributed by atoms with Crippen molar-refractivity contribution in [2.24, 2.45) is 12.8 Å². The van der Waals surface area contributed by atoms with E-state index in [1.807, 2.05) is 24.3 Å². The van der Waals surface area contributed by atoms with Gasteiger partial charge in [-0.1, -0.05) is 12.1 Å². The SMILES string of the molecule is Cn1c(=O)c(Nc2ccc(C(N)=O)cc2)nc2ccccc21. The highest BCUT2D eigenvalue weighted by Gasteiger charge is 2.08. The molecule has 1 aromatic heterocycles. The highest BCUT2D eigenvalue weighted by molar-refractivity contribution is 5.93. The van der Waals surface area contributed by atoms with Crippen LogP contribution >= 0.6 is 0 Å². The van der Waals surface area contributed by atoms with Crippen LogP contribution in [0, 0.1) is 0 Å². The molecule has 3 aromatic rings. The van der Waals surface area contributed by atoms with Gasteiger partial charge in [0, 0.05) is 18.3 Å². The van der Waals surface area contributed by atoms with Gasteiger partial charge in [0.2, 0.25) is 5.91 Å². The summed E-state index contributed by atoms with van der Waals surface area (Å²) in [4.78, 5) is 27.7. The fraction of sp³-hybridized carbons (Fsp3) is 0.0625. The molecule has 0 saturated heterocycles. The standard InChI is InChI=1S/C16H14N4O2/c1-20-13-5-3-2-4-12(13)19-15(16(20)22)18-11-8-6-10(7-9-11)14(17)21/h2-9H,1H3,(H2,17,21)(H,18,19). The fourth-order valence-corrected chi connectivity index (χ4v) is 2.21. The van der Waals surface area contributed by atoms with Crippen LogP contribution < -0.4 is 16.6 Å². The Morgan fingerprint density at radius 1 is 1.14 bits per heavy atom. The molecule has 110 valence electrons. The van der Waals surface area contributed by atoms with Gasteiger partial charge >= 0.3 is 0 Å². The molecule has 1 amide bonds. The number of nitrogens with one attached hydrogen (secondary N) is 1. The number of hydrogen-bond donors (Lipinski definition) is 2. The molecule has 6 heteroatoms. The second kappa shape index (κ2) is 5.33. The number of para-hydroxylation sites is 2.